The number of benzene rings is 2. The number of nitro groups is 1. The zero-order chi connectivity index (χ0) is 22.2. The molecule has 0 fully saturated rings. The molecule has 0 saturated carbocycles. The van der Waals surface area contributed by atoms with Gasteiger partial charge in [-0.2, -0.15) is 4.98 Å². The van der Waals surface area contributed by atoms with Gasteiger partial charge < -0.3 is 18.9 Å². The molecule has 0 spiro atoms. The van der Waals surface area contributed by atoms with Gasteiger partial charge in [0.2, 0.25) is 11.7 Å². The first-order valence-electron chi connectivity index (χ1n) is 9.51. The summed E-state index contributed by atoms with van der Waals surface area (Å²) in [7, 11) is 3.13. The zero-order valence-corrected chi connectivity index (χ0v) is 17.2. The van der Waals surface area contributed by atoms with E-state index in [4.69, 9.17) is 14.0 Å². The van der Waals surface area contributed by atoms with E-state index in [0.29, 0.717) is 48.9 Å². The van der Waals surface area contributed by atoms with Crippen LogP contribution in [0.25, 0.3) is 11.4 Å². The maximum Gasteiger partial charge on any atom is 0.270 e. The number of amides is 1. The summed E-state index contributed by atoms with van der Waals surface area (Å²) < 4.78 is 15.5. The van der Waals surface area contributed by atoms with Gasteiger partial charge in [0, 0.05) is 49.9 Å². The summed E-state index contributed by atoms with van der Waals surface area (Å²) in [5.74, 6) is 1.09. The maximum absolute atomic E-state index is 12.9. The number of carbonyl (C=O) groups is 1. The Kier molecular flexibility index (Phi) is 7.28. The summed E-state index contributed by atoms with van der Waals surface area (Å²) in [5.41, 5.74) is 0.953. The minimum Gasteiger partial charge on any atom is -0.497 e. The van der Waals surface area contributed by atoms with Gasteiger partial charge in [0.25, 0.3) is 11.6 Å². The van der Waals surface area contributed by atoms with Gasteiger partial charge in [-0.1, -0.05) is 17.3 Å². The highest BCUT2D eigenvalue weighted by molar-refractivity contribution is 5.94. The Balaban J connectivity index is 1.69. The van der Waals surface area contributed by atoms with Crippen LogP contribution >= 0.6 is 0 Å². The molecule has 3 rings (SSSR count). The Labute approximate surface area is 178 Å². The van der Waals surface area contributed by atoms with Crippen LogP contribution in [-0.4, -0.2) is 59.8 Å². The molecule has 1 heterocycles. The Bertz CT molecular complexity index is 1030. The van der Waals surface area contributed by atoms with E-state index in [1.807, 2.05) is 0 Å². The minimum atomic E-state index is -0.483. The number of ether oxygens (including phenoxy) is 2. The van der Waals surface area contributed by atoms with Crippen LogP contribution in [0.15, 0.2) is 53.1 Å². The predicted octanol–water partition coefficient (Wildman–Crippen LogP) is 2.98. The summed E-state index contributed by atoms with van der Waals surface area (Å²) in [6, 6.07) is 12.9. The van der Waals surface area contributed by atoms with Crippen LogP contribution in [0.4, 0.5) is 5.69 Å². The summed E-state index contributed by atoms with van der Waals surface area (Å²) in [5, 5.41) is 14.9. The number of hydrogen-bond acceptors (Lipinski definition) is 8. The summed E-state index contributed by atoms with van der Waals surface area (Å²) in [6.07, 6.45) is 0.327. The average Bonchev–Trinajstić information content (AvgIpc) is 3.28. The fourth-order valence-corrected chi connectivity index (χ4v) is 2.90. The molecule has 0 saturated heterocycles. The third-order valence-corrected chi connectivity index (χ3v) is 4.57. The van der Waals surface area contributed by atoms with Gasteiger partial charge in [0.1, 0.15) is 5.75 Å². The lowest BCUT2D eigenvalue weighted by Gasteiger charge is -2.22. The number of rotatable bonds is 10. The van der Waals surface area contributed by atoms with Crippen LogP contribution in [-0.2, 0) is 11.2 Å². The van der Waals surface area contributed by atoms with Crippen LogP contribution < -0.4 is 4.74 Å². The summed E-state index contributed by atoms with van der Waals surface area (Å²) >= 11 is 0. The molecule has 0 atom stereocenters. The van der Waals surface area contributed by atoms with Crippen molar-refractivity contribution in [3.63, 3.8) is 0 Å². The van der Waals surface area contributed by atoms with E-state index in [1.54, 1.807) is 55.5 Å². The van der Waals surface area contributed by atoms with E-state index in [2.05, 4.69) is 10.1 Å². The minimum absolute atomic E-state index is 0.0559. The van der Waals surface area contributed by atoms with Crippen molar-refractivity contribution in [1.29, 1.82) is 0 Å². The van der Waals surface area contributed by atoms with Crippen molar-refractivity contribution in [2.45, 2.75) is 6.42 Å². The summed E-state index contributed by atoms with van der Waals surface area (Å²) in [4.78, 5) is 29.3. The highest BCUT2D eigenvalue weighted by Gasteiger charge is 2.18. The SMILES string of the molecule is COCCN(CCc1nc(-c2cccc([N+](=O)[O-])c2)no1)C(=O)c1ccc(OC)cc1. The van der Waals surface area contributed by atoms with Gasteiger partial charge in [-0.05, 0) is 24.3 Å². The summed E-state index contributed by atoms with van der Waals surface area (Å²) in [6.45, 7) is 1.11. The second-order valence-electron chi connectivity index (χ2n) is 6.58. The molecule has 10 nitrogen and oxygen atoms in total. The Morgan fingerprint density at radius 3 is 2.61 bits per heavy atom. The van der Waals surface area contributed by atoms with Crippen LogP contribution in [0.5, 0.6) is 5.75 Å². The van der Waals surface area contributed by atoms with Crippen molar-refractivity contribution in [2.24, 2.45) is 0 Å². The number of methoxy groups -OCH3 is 2. The molecule has 0 aliphatic heterocycles. The van der Waals surface area contributed by atoms with Gasteiger partial charge >= 0.3 is 0 Å². The number of carbonyl (C=O) groups excluding carboxylic acids is 1. The van der Waals surface area contributed by atoms with Gasteiger partial charge in [-0.15, -0.1) is 0 Å². The van der Waals surface area contributed by atoms with Crippen molar-refractivity contribution in [1.82, 2.24) is 15.0 Å². The molecule has 0 N–H and O–H groups in total. The third kappa shape index (κ3) is 5.64. The molecule has 2 aromatic carbocycles. The number of nitro benzene ring substituents is 1. The largest absolute Gasteiger partial charge is 0.497 e. The standard InChI is InChI=1S/C21H22N4O6/c1-29-13-12-24(21(26)15-6-8-18(30-2)9-7-15)11-10-19-22-20(23-31-19)16-4-3-5-17(14-16)25(27)28/h3-9,14H,10-13H2,1-2H3. The lowest BCUT2D eigenvalue weighted by molar-refractivity contribution is -0.384. The lowest BCUT2D eigenvalue weighted by atomic mass is 10.2. The Hall–Kier alpha value is -3.79. The molecule has 1 amide bonds. The molecule has 3 aromatic rings. The van der Waals surface area contributed by atoms with Crippen molar-refractivity contribution < 1.29 is 23.7 Å². The molecular weight excluding hydrogens is 404 g/mol. The Morgan fingerprint density at radius 1 is 1.16 bits per heavy atom. The molecule has 31 heavy (non-hydrogen) atoms. The van der Waals surface area contributed by atoms with Gasteiger partial charge in [-0.25, -0.2) is 0 Å². The van der Waals surface area contributed by atoms with E-state index in [9.17, 15) is 14.9 Å². The van der Waals surface area contributed by atoms with E-state index >= 15 is 0 Å². The highest BCUT2D eigenvalue weighted by atomic mass is 16.6. The molecule has 162 valence electrons. The van der Waals surface area contributed by atoms with E-state index in [0.717, 1.165) is 0 Å². The third-order valence-electron chi connectivity index (χ3n) is 4.57. The van der Waals surface area contributed by atoms with E-state index in [-0.39, 0.29) is 17.4 Å². The van der Waals surface area contributed by atoms with Crippen molar-refractivity contribution in [2.75, 3.05) is 33.9 Å². The van der Waals surface area contributed by atoms with Gasteiger partial charge in [0.15, 0.2) is 0 Å². The number of aromatic nitrogens is 2. The van der Waals surface area contributed by atoms with Crippen LogP contribution in [0.3, 0.4) is 0 Å². The van der Waals surface area contributed by atoms with Crippen LogP contribution in [0.1, 0.15) is 16.2 Å². The van der Waals surface area contributed by atoms with Crippen molar-refractivity contribution >= 4 is 11.6 Å². The average molecular weight is 426 g/mol. The molecule has 1 aromatic heterocycles. The normalized spacial score (nSPS) is 10.6. The van der Waals surface area contributed by atoms with E-state index in [1.165, 1.54) is 12.1 Å². The fraction of sp³-hybridized carbons (Fsp3) is 0.286. The zero-order valence-electron chi connectivity index (χ0n) is 17.2. The number of nitrogens with zero attached hydrogens (tertiary/aromatic N) is 4. The molecule has 0 aliphatic carbocycles. The molecule has 0 bridgehead atoms. The van der Waals surface area contributed by atoms with Crippen molar-refractivity contribution in [3.05, 3.63) is 70.1 Å². The van der Waals surface area contributed by atoms with Gasteiger partial charge in [-0.3, -0.25) is 14.9 Å². The quantitative estimate of drug-likeness (QED) is 0.358. The van der Waals surface area contributed by atoms with Gasteiger partial charge in [0.05, 0.1) is 18.6 Å². The smallest absolute Gasteiger partial charge is 0.270 e. The number of hydrogen-bond donors (Lipinski definition) is 0. The first-order chi connectivity index (χ1) is 15.0. The fourth-order valence-electron chi connectivity index (χ4n) is 2.90. The topological polar surface area (TPSA) is 121 Å². The molecular formula is C21H22N4O6. The second kappa shape index (κ2) is 10.3. The predicted molar refractivity (Wildman–Crippen MR) is 111 cm³/mol. The molecule has 0 radical (unpaired) electrons. The monoisotopic (exact) mass is 426 g/mol. The van der Waals surface area contributed by atoms with Crippen LogP contribution in [0.2, 0.25) is 0 Å². The highest BCUT2D eigenvalue weighted by Crippen LogP contribution is 2.21. The van der Waals surface area contributed by atoms with Crippen LogP contribution in [0, 0.1) is 10.1 Å². The number of non-ortho nitro benzene ring substituents is 1. The first-order valence-corrected chi connectivity index (χ1v) is 9.51. The molecule has 0 unspecified atom stereocenters. The second-order valence-corrected chi connectivity index (χ2v) is 6.58. The van der Waals surface area contributed by atoms with E-state index < -0.39 is 4.92 Å². The lowest BCUT2D eigenvalue weighted by Crippen LogP contribution is -2.35. The van der Waals surface area contributed by atoms with Crippen molar-refractivity contribution in [3.8, 4) is 17.1 Å². The maximum atomic E-state index is 12.9. The Morgan fingerprint density at radius 2 is 1.94 bits per heavy atom. The first kappa shape index (κ1) is 21.9. The molecule has 0 aliphatic rings. The molecule has 10 heteroatoms.